The Labute approximate surface area is 143 Å². The van der Waals surface area contributed by atoms with Crippen LogP contribution in [0.15, 0.2) is 12.2 Å². The maximum absolute atomic E-state index is 12.1. The Hall–Kier alpha value is -2.05. The van der Waals surface area contributed by atoms with E-state index in [-0.39, 0.29) is 17.8 Å². The molecule has 1 aliphatic carbocycles. The number of hydrogen-bond acceptors (Lipinski definition) is 3. The second kappa shape index (κ2) is 9.30. The van der Waals surface area contributed by atoms with Crippen LogP contribution in [0.4, 0.5) is 4.79 Å². The summed E-state index contributed by atoms with van der Waals surface area (Å²) >= 11 is 0. The molecule has 1 unspecified atom stereocenters. The average molecular weight is 336 g/mol. The zero-order valence-corrected chi connectivity index (χ0v) is 14.4. The molecule has 2 N–H and O–H groups in total. The lowest BCUT2D eigenvalue weighted by molar-refractivity contribution is -0.138. The number of carbonyl (C=O) groups is 3. The number of allylic oxidation sites excluding steroid dienone is 2. The van der Waals surface area contributed by atoms with Gasteiger partial charge in [-0.2, -0.15) is 0 Å². The van der Waals surface area contributed by atoms with Crippen molar-refractivity contribution in [3.8, 4) is 0 Å². The molecule has 2 aliphatic rings. The number of hydrogen-bond donors (Lipinski definition) is 2. The number of nitrogens with one attached hydrogen (secondary N) is 2. The Balaban J connectivity index is 1.56. The van der Waals surface area contributed by atoms with Crippen molar-refractivity contribution in [2.75, 3.05) is 39.3 Å². The molecule has 1 atom stereocenters. The predicted octanol–water partition coefficient (Wildman–Crippen LogP) is 0.723. The lowest BCUT2D eigenvalue weighted by Gasteiger charge is -2.34. The van der Waals surface area contributed by atoms with E-state index >= 15 is 0 Å². The second-order valence-electron chi connectivity index (χ2n) is 6.42. The minimum atomic E-state index is -0.209. The molecular formula is C17H28N4O3. The third kappa shape index (κ3) is 5.86. The minimum Gasteiger partial charge on any atom is -0.339 e. The molecule has 0 aromatic carbocycles. The van der Waals surface area contributed by atoms with Gasteiger partial charge >= 0.3 is 6.03 Å². The summed E-state index contributed by atoms with van der Waals surface area (Å²) in [6, 6.07) is -0.209. The summed E-state index contributed by atoms with van der Waals surface area (Å²) in [4.78, 5) is 38.6. The highest BCUT2D eigenvalue weighted by Gasteiger charge is 2.22. The van der Waals surface area contributed by atoms with Gasteiger partial charge in [-0.05, 0) is 25.2 Å². The molecule has 2 rings (SSSR count). The van der Waals surface area contributed by atoms with Crippen molar-refractivity contribution in [2.24, 2.45) is 5.92 Å². The van der Waals surface area contributed by atoms with Gasteiger partial charge in [0.2, 0.25) is 11.8 Å². The minimum absolute atomic E-state index is 0.0240. The molecular weight excluding hydrogens is 308 g/mol. The van der Waals surface area contributed by atoms with Gasteiger partial charge in [-0.1, -0.05) is 12.2 Å². The van der Waals surface area contributed by atoms with E-state index < -0.39 is 0 Å². The van der Waals surface area contributed by atoms with E-state index in [1.807, 2.05) is 0 Å². The summed E-state index contributed by atoms with van der Waals surface area (Å²) in [5.41, 5.74) is 0. The first-order valence-electron chi connectivity index (χ1n) is 8.76. The summed E-state index contributed by atoms with van der Waals surface area (Å²) in [5, 5.41) is 5.61. The van der Waals surface area contributed by atoms with Gasteiger partial charge in [0, 0.05) is 52.6 Å². The summed E-state index contributed by atoms with van der Waals surface area (Å²) in [6.45, 7) is 4.87. The van der Waals surface area contributed by atoms with E-state index in [2.05, 4.69) is 22.8 Å². The summed E-state index contributed by atoms with van der Waals surface area (Å²) in [6.07, 6.45) is 7.85. The molecule has 0 saturated carbocycles. The molecule has 1 aliphatic heterocycles. The second-order valence-corrected chi connectivity index (χ2v) is 6.42. The van der Waals surface area contributed by atoms with Crippen LogP contribution in [0.1, 0.15) is 32.6 Å². The van der Waals surface area contributed by atoms with Crippen molar-refractivity contribution in [3.05, 3.63) is 12.2 Å². The molecule has 0 aromatic heterocycles. The molecule has 0 radical (unpaired) electrons. The smallest absolute Gasteiger partial charge is 0.314 e. The molecule has 7 heteroatoms. The van der Waals surface area contributed by atoms with E-state index in [1.54, 1.807) is 16.7 Å². The molecule has 7 nitrogen and oxygen atoms in total. The van der Waals surface area contributed by atoms with Crippen LogP contribution < -0.4 is 10.6 Å². The van der Waals surface area contributed by atoms with Crippen LogP contribution in [0.25, 0.3) is 0 Å². The molecule has 134 valence electrons. The van der Waals surface area contributed by atoms with Crippen molar-refractivity contribution in [1.82, 2.24) is 20.4 Å². The third-order valence-corrected chi connectivity index (χ3v) is 4.63. The number of rotatable bonds is 5. The van der Waals surface area contributed by atoms with Crippen LogP contribution >= 0.6 is 0 Å². The van der Waals surface area contributed by atoms with Crippen molar-refractivity contribution in [2.45, 2.75) is 32.6 Å². The summed E-state index contributed by atoms with van der Waals surface area (Å²) in [5.74, 6) is 0.588. The first kappa shape index (κ1) is 18.3. The van der Waals surface area contributed by atoms with E-state index in [4.69, 9.17) is 0 Å². The highest BCUT2D eigenvalue weighted by Crippen LogP contribution is 2.16. The van der Waals surface area contributed by atoms with Crippen molar-refractivity contribution < 1.29 is 14.4 Å². The van der Waals surface area contributed by atoms with Crippen molar-refractivity contribution in [1.29, 1.82) is 0 Å². The lowest BCUT2D eigenvalue weighted by atomic mass is 9.94. The Morgan fingerprint density at radius 2 is 1.75 bits per heavy atom. The van der Waals surface area contributed by atoms with E-state index in [1.165, 1.54) is 0 Å². The summed E-state index contributed by atoms with van der Waals surface area (Å²) < 4.78 is 0. The SMILES string of the molecule is CC(=O)N1CCN(C(=O)CCNC(=O)NCC2CC=CCC2)CC1. The van der Waals surface area contributed by atoms with Gasteiger partial charge in [-0.15, -0.1) is 0 Å². The molecule has 0 aromatic rings. The average Bonchev–Trinajstić information content (AvgIpc) is 2.61. The van der Waals surface area contributed by atoms with Crippen LogP contribution in [-0.4, -0.2) is 66.9 Å². The monoisotopic (exact) mass is 336 g/mol. The fourth-order valence-electron chi connectivity index (χ4n) is 3.05. The van der Waals surface area contributed by atoms with Crippen LogP contribution in [0.2, 0.25) is 0 Å². The van der Waals surface area contributed by atoms with E-state index in [9.17, 15) is 14.4 Å². The fourth-order valence-corrected chi connectivity index (χ4v) is 3.05. The lowest BCUT2D eigenvalue weighted by Crippen LogP contribution is -2.50. The van der Waals surface area contributed by atoms with Gasteiger partial charge in [-0.3, -0.25) is 9.59 Å². The number of amides is 4. The fraction of sp³-hybridized carbons (Fsp3) is 0.706. The highest BCUT2D eigenvalue weighted by atomic mass is 16.2. The maximum atomic E-state index is 12.1. The molecule has 1 saturated heterocycles. The molecule has 0 bridgehead atoms. The Morgan fingerprint density at radius 1 is 1.04 bits per heavy atom. The van der Waals surface area contributed by atoms with Crippen LogP contribution in [-0.2, 0) is 9.59 Å². The topological polar surface area (TPSA) is 81.8 Å². The van der Waals surface area contributed by atoms with Gasteiger partial charge in [0.1, 0.15) is 0 Å². The quantitative estimate of drug-likeness (QED) is 0.726. The Bertz CT molecular complexity index is 484. The molecule has 1 heterocycles. The Morgan fingerprint density at radius 3 is 2.38 bits per heavy atom. The van der Waals surface area contributed by atoms with E-state index in [0.717, 1.165) is 19.3 Å². The summed E-state index contributed by atoms with van der Waals surface area (Å²) in [7, 11) is 0. The predicted molar refractivity (Wildman–Crippen MR) is 91.3 cm³/mol. The zero-order chi connectivity index (χ0) is 17.4. The van der Waals surface area contributed by atoms with Gasteiger partial charge in [0.05, 0.1) is 0 Å². The van der Waals surface area contributed by atoms with Crippen LogP contribution in [0.5, 0.6) is 0 Å². The number of nitrogens with zero attached hydrogens (tertiary/aromatic N) is 2. The van der Waals surface area contributed by atoms with Gasteiger partial charge in [-0.25, -0.2) is 4.79 Å². The first-order chi connectivity index (χ1) is 11.6. The maximum Gasteiger partial charge on any atom is 0.314 e. The number of carbonyl (C=O) groups excluding carboxylic acids is 3. The Kier molecular flexibility index (Phi) is 7.08. The highest BCUT2D eigenvalue weighted by molar-refractivity contribution is 5.79. The normalized spacial score (nSPS) is 20.6. The molecule has 0 spiro atoms. The van der Waals surface area contributed by atoms with Gasteiger partial charge < -0.3 is 20.4 Å². The largest absolute Gasteiger partial charge is 0.339 e. The van der Waals surface area contributed by atoms with Crippen molar-refractivity contribution >= 4 is 17.8 Å². The van der Waals surface area contributed by atoms with Crippen molar-refractivity contribution in [3.63, 3.8) is 0 Å². The number of piperazine rings is 1. The molecule has 24 heavy (non-hydrogen) atoms. The standard InChI is InChI=1S/C17H28N4O3/c1-14(22)20-9-11-21(12-10-20)16(23)7-8-18-17(24)19-13-15-5-3-2-4-6-15/h2-3,15H,4-13H2,1H3,(H2,18,19,24). The first-order valence-corrected chi connectivity index (χ1v) is 8.76. The molecule has 1 fully saturated rings. The molecule has 4 amide bonds. The number of urea groups is 1. The van der Waals surface area contributed by atoms with Crippen LogP contribution in [0.3, 0.4) is 0 Å². The van der Waals surface area contributed by atoms with Gasteiger partial charge in [0.25, 0.3) is 0 Å². The van der Waals surface area contributed by atoms with Crippen LogP contribution in [0, 0.1) is 5.92 Å². The zero-order valence-electron chi connectivity index (χ0n) is 14.4. The third-order valence-electron chi connectivity index (χ3n) is 4.63. The van der Waals surface area contributed by atoms with Gasteiger partial charge in [0.15, 0.2) is 0 Å². The van der Waals surface area contributed by atoms with E-state index in [0.29, 0.717) is 51.6 Å².